The van der Waals surface area contributed by atoms with Crippen LogP contribution in [0.1, 0.15) is 35.8 Å². The third-order valence-electron chi connectivity index (χ3n) is 3.98. The van der Waals surface area contributed by atoms with Gasteiger partial charge in [-0.3, -0.25) is 0 Å². The standard InChI is InChI=1S/C17H28N6S2/c1-13(15-7-5-10-25-15)11-19-17(18-8-6-9-24-4)20-12-16-22-21-14(2)23(16)3/h5,7,10,13H,6,8-9,11-12H2,1-4H3,(H2,18,19,20). The topological polar surface area (TPSA) is 67.1 Å². The number of hydrogen-bond acceptors (Lipinski definition) is 5. The quantitative estimate of drug-likeness (QED) is 0.398. The molecule has 2 aromatic heterocycles. The van der Waals surface area contributed by atoms with Gasteiger partial charge < -0.3 is 15.2 Å². The summed E-state index contributed by atoms with van der Waals surface area (Å²) in [6, 6.07) is 4.28. The molecule has 2 rings (SSSR count). The Morgan fingerprint density at radius 3 is 2.88 bits per heavy atom. The Balaban J connectivity index is 1.93. The van der Waals surface area contributed by atoms with Crippen LogP contribution < -0.4 is 10.6 Å². The highest BCUT2D eigenvalue weighted by atomic mass is 32.2. The third-order valence-corrected chi connectivity index (χ3v) is 5.78. The van der Waals surface area contributed by atoms with Gasteiger partial charge in [0.2, 0.25) is 0 Å². The molecule has 2 aromatic rings. The lowest BCUT2D eigenvalue weighted by Gasteiger charge is -2.15. The number of aromatic nitrogens is 3. The maximum absolute atomic E-state index is 4.69. The molecule has 0 aromatic carbocycles. The highest BCUT2D eigenvalue weighted by molar-refractivity contribution is 7.98. The van der Waals surface area contributed by atoms with Crippen LogP contribution in [-0.4, -0.2) is 45.8 Å². The summed E-state index contributed by atoms with van der Waals surface area (Å²) in [4.78, 5) is 6.07. The molecular weight excluding hydrogens is 352 g/mol. The monoisotopic (exact) mass is 380 g/mol. The molecule has 0 fully saturated rings. The van der Waals surface area contributed by atoms with Crippen molar-refractivity contribution < 1.29 is 0 Å². The van der Waals surface area contributed by atoms with Crippen LogP contribution in [0.4, 0.5) is 0 Å². The highest BCUT2D eigenvalue weighted by Crippen LogP contribution is 2.19. The van der Waals surface area contributed by atoms with Crippen molar-refractivity contribution >= 4 is 29.1 Å². The molecule has 0 radical (unpaired) electrons. The number of nitrogens with one attached hydrogen (secondary N) is 2. The summed E-state index contributed by atoms with van der Waals surface area (Å²) in [5.41, 5.74) is 0. The van der Waals surface area contributed by atoms with Crippen molar-refractivity contribution in [2.24, 2.45) is 12.0 Å². The van der Waals surface area contributed by atoms with E-state index in [4.69, 9.17) is 0 Å². The number of thioether (sulfide) groups is 1. The summed E-state index contributed by atoms with van der Waals surface area (Å²) in [6.45, 7) is 6.46. The van der Waals surface area contributed by atoms with Gasteiger partial charge in [0.05, 0.1) is 0 Å². The number of nitrogens with zero attached hydrogens (tertiary/aromatic N) is 4. The molecule has 0 aliphatic carbocycles. The van der Waals surface area contributed by atoms with E-state index >= 15 is 0 Å². The van der Waals surface area contributed by atoms with Crippen LogP contribution in [0.15, 0.2) is 22.5 Å². The first kappa shape index (κ1) is 19.8. The molecule has 2 N–H and O–H groups in total. The number of rotatable bonds is 9. The molecular formula is C17H28N6S2. The summed E-state index contributed by atoms with van der Waals surface area (Å²) >= 11 is 3.66. The molecule has 2 heterocycles. The highest BCUT2D eigenvalue weighted by Gasteiger charge is 2.09. The van der Waals surface area contributed by atoms with E-state index in [0.29, 0.717) is 12.5 Å². The van der Waals surface area contributed by atoms with Crippen LogP contribution in [0.2, 0.25) is 0 Å². The molecule has 1 unspecified atom stereocenters. The van der Waals surface area contributed by atoms with Crippen molar-refractivity contribution in [1.82, 2.24) is 25.4 Å². The zero-order chi connectivity index (χ0) is 18.1. The Morgan fingerprint density at radius 2 is 2.24 bits per heavy atom. The lowest BCUT2D eigenvalue weighted by molar-refractivity contribution is 0.696. The summed E-state index contributed by atoms with van der Waals surface area (Å²) in [5, 5.41) is 17.3. The molecule has 25 heavy (non-hydrogen) atoms. The summed E-state index contributed by atoms with van der Waals surface area (Å²) in [5.74, 6) is 4.21. The zero-order valence-electron chi connectivity index (χ0n) is 15.5. The molecule has 8 heteroatoms. The molecule has 0 bridgehead atoms. The van der Waals surface area contributed by atoms with Crippen LogP contribution in [0, 0.1) is 6.92 Å². The molecule has 0 saturated carbocycles. The Bertz CT molecular complexity index is 650. The second-order valence-corrected chi connectivity index (χ2v) is 7.92. The maximum Gasteiger partial charge on any atom is 0.191 e. The van der Waals surface area contributed by atoms with E-state index in [-0.39, 0.29) is 0 Å². The minimum absolute atomic E-state index is 0.454. The zero-order valence-corrected chi connectivity index (χ0v) is 17.1. The lowest BCUT2D eigenvalue weighted by Crippen LogP contribution is -2.39. The fraction of sp³-hybridized carbons (Fsp3) is 0.588. The van der Waals surface area contributed by atoms with E-state index < -0.39 is 0 Å². The molecule has 0 saturated heterocycles. The van der Waals surface area contributed by atoms with Crippen LogP contribution >= 0.6 is 23.1 Å². The predicted octanol–water partition coefficient (Wildman–Crippen LogP) is 2.78. The maximum atomic E-state index is 4.69. The van der Waals surface area contributed by atoms with Crippen molar-refractivity contribution in [3.8, 4) is 0 Å². The van der Waals surface area contributed by atoms with Crippen molar-refractivity contribution in [2.45, 2.75) is 32.7 Å². The van der Waals surface area contributed by atoms with Gasteiger partial charge in [-0.25, -0.2) is 4.99 Å². The van der Waals surface area contributed by atoms with Gasteiger partial charge in [-0.1, -0.05) is 13.0 Å². The smallest absolute Gasteiger partial charge is 0.191 e. The van der Waals surface area contributed by atoms with Crippen LogP contribution in [0.25, 0.3) is 0 Å². The fourth-order valence-corrected chi connectivity index (χ4v) is 3.48. The van der Waals surface area contributed by atoms with E-state index in [1.807, 2.05) is 30.3 Å². The van der Waals surface area contributed by atoms with E-state index in [1.165, 1.54) is 4.88 Å². The van der Waals surface area contributed by atoms with E-state index in [2.05, 4.69) is 56.5 Å². The molecule has 138 valence electrons. The number of aliphatic imine (C=N–C) groups is 1. The molecule has 0 aliphatic rings. The average molecular weight is 381 g/mol. The second kappa shape index (κ2) is 10.5. The molecule has 0 amide bonds. The number of thiophene rings is 1. The first-order valence-electron chi connectivity index (χ1n) is 8.51. The Hall–Kier alpha value is -1.54. The first-order chi connectivity index (χ1) is 12.1. The number of guanidine groups is 1. The van der Waals surface area contributed by atoms with E-state index in [1.54, 1.807) is 11.3 Å². The van der Waals surface area contributed by atoms with Crippen molar-refractivity contribution in [1.29, 1.82) is 0 Å². The third kappa shape index (κ3) is 6.36. The van der Waals surface area contributed by atoms with Gasteiger partial charge in [0.1, 0.15) is 12.4 Å². The average Bonchev–Trinajstić information content (AvgIpc) is 3.25. The fourth-order valence-electron chi connectivity index (χ4n) is 2.26. The minimum Gasteiger partial charge on any atom is -0.356 e. The first-order valence-corrected chi connectivity index (χ1v) is 10.8. The van der Waals surface area contributed by atoms with Gasteiger partial charge in [-0.2, -0.15) is 11.8 Å². The normalized spacial score (nSPS) is 13.0. The van der Waals surface area contributed by atoms with Gasteiger partial charge in [0.15, 0.2) is 11.8 Å². The Morgan fingerprint density at radius 1 is 1.40 bits per heavy atom. The molecule has 0 spiro atoms. The molecule has 6 nitrogen and oxygen atoms in total. The van der Waals surface area contributed by atoms with Crippen LogP contribution in [0.3, 0.4) is 0 Å². The van der Waals surface area contributed by atoms with Crippen molar-refractivity contribution in [2.75, 3.05) is 25.1 Å². The number of hydrogen-bond donors (Lipinski definition) is 2. The van der Waals surface area contributed by atoms with E-state index in [0.717, 1.165) is 42.9 Å². The van der Waals surface area contributed by atoms with Crippen LogP contribution in [0.5, 0.6) is 0 Å². The van der Waals surface area contributed by atoms with Gasteiger partial charge in [-0.15, -0.1) is 21.5 Å². The van der Waals surface area contributed by atoms with Gasteiger partial charge in [0.25, 0.3) is 0 Å². The minimum atomic E-state index is 0.454. The molecule has 1 atom stereocenters. The summed E-state index contributed by atoms with van der Waals surface area (Å²) in [7, 11) is 1.97. The predicted molar refractivity (Wildman–Crippen MR) is 109 cm³/mol. The van der Waals surface area contributed by atoms with Gasteiger partial charge >= 0.3 is 0 Å². The molecule has 0 aliphatic heterocycles. The largest absolute Gasteiger partial charge is 0.356 e. The summed E-state index contributed by atoms with van der Waals surface area (Å²) in [6.07, 6.45) is 3.25. The Kier molecular flexibility index (Phi) is 8.27. The Labute approximate surface area is 158 Å². The van der Waals surface area contributed by atoms with E-state index in [9.17, 15) is 0 Å². The van der Waals surface area contributed by atoms with Crippen molar-refractivity contribution in [3.63, 3.8) is 0 Å². The second-order valence-electron chi connectivity index (χ2n) is 5.96. The van der Waals surface area contributed by atoms with Crippen molar-refractivity contribution in [3.05, 3.63) is 34.0 Å². The number of aryl methyl sites for hydroxylation is 1. The summed E-state index contributed by atoms with van der Waals surface area (Å²) < 4.78 is 1.98. The lowest BCUT2D eigenvalue weighted by atomic mass is 10.1. The van der Waals surface area contributed by atoms with Crippen LogP contribution in [-0.2, 0) is 13.6 Å². The van der Waals surface area contributed by atoms with Gasteiger partial charge in [-0.05, 0) is 36.8 Å². The SMILES string of the molecule is CSCCCNC(=NCc1nnc(C)n1C)NCC(C)c1cccs1. The van der Waals surface area contributed by atoms with Gasteiger partial charge in [0, 0.05) is 30.9 Å².